The Bertz CT molecular complexity index is 629. The van der Waals surface area contributed by atoms with Crippen molar-refractivity contribution in [2.24, 2.45) is 0 Å². The molecule has 3 aromatic heterocycles. The van der Waals surface area contributed by atoms with Gasteiger partial charge in [-0.05, 0) is 12.1 Å². The Labute approximate surface area is 102 Å². The van der Waals surface area contributed by atoms with Crippen LogP contribution in [0.25, 0.3) is 5.65 Å². The van der Waals surface area contributed by atoms with Crippen LogP contribution in [0.2, 0.25) is 5.02 Å². The van der Waals surface area contributed by atoms with E-state index in [9.17, 15) is 0 Å². The number of anilines is 1. The number of fused-ring (bicyclic) bond motifs is 1. The number of halogens is 1. The van der Waals surface area contributed by atoms with Gasteiger partial charge in [0.15, 0.2) is 5.65 Å². The molecular weight excluding hydrogens is 240 g/mol. The molecule has 3 rings (SSSR count). The highest BCUT2D eigenvalue weighted by atomic mass is 35.5. The average Bonchev–Trinajstić information content (AvgIpc) is 2.94. The molecule has 0 fully saturated rings. The minimum Gasteiger partial charge on any atom is -0.347 e. The van der Waals surface area contributed by atoms with Crippen molar-refractivity contribution in [3.63, 3.8) is 0 Å². The molecule has 0 saturated heterocycles. The number of aromatic nitrogens is 5. The molecule has 0 saturated carbocycles. The molecule has 0 aliphatic rings. The fraction of sp³-hybridized carbons (Fsp3) is 0.100. The quantitative estimate of drug-likeness (QED) is 0.740. The van der Waals surface area contributed by atoms with E-state index >= 15 is 0 Å². The summed E-state index contributed by atoms with van der Waals surface area (Å²) in [6.45, 7) is 0.553. The first-order valence-corrected chi connectivity index (χ1v) is 5.43. The maximum Gasteiger partial charge on any atom is 0.243 e. The molecule has 0 spiro atoms. The summed E-state index contributed by atoms with van der Waals surface area (Å²) < 4.78 is 1.63. The van der Waals surface area contributed by atoms with Gasteiger partial charge in [-0.1, -0.05) is 11.6 Å². The highest BCUT2D eigenvalue weighted by molar-refractivity contribution is 6.30. The predicted octanol–water partition coefficient (Wildman–Crippen LogP) is 1.72. The van der Waals surface area contributed by atoms with E-state index in [1.165, 1.54) is 0 Å². The third kappa shape index (κ3) is 2.07. The second-order valence-electron chi connectivity index (χ2n) is 3.47. The highest BCUT2D eigenvalue weighted by Crippen LogP contribution is 2.11. The van der Waals surface area contributed by atoms with Crippen LogP contribution in [0.3, 0.4) is 0 Å². The first kappa shape index (κ1) is 10.1. The molecule has 2 N–H and O–H groups in total. The minimum atomic E-state index is 0.545. The Hall–Kier alpha value is -2.08. The summed E-state index contributed by atoms with van der Waals surface area (Å²) in [4.78, 5) is 11.4. The van der Waals surface area contributed by atoms with E-state index in [2.05, 4.69) is 25.4 Å². The number of pyridine rings is 1. The lowest BCUT2D eigenvalue weighted by Gasteiger charge is -1.96. The van der Waals surface area contributed by atoms with Crippen LogP contribution in [0.5, 0.6) is 0 Å². The first-order chi connectivity index (χ1) is 8.31. The molecule has 0 aliphatic heterocycles. The van der Waals surface area contributed by atoms with Gasteiger partial charge in [-0.2, -0.15) is 4.98 Å². The number of hydrogen-bond donors (Lipinski definition) is 2. The Morgan fingerprint density at radius 1 is 1.41 bits per heavy atom. The first-order valence-electron chi connectivity index (χ1n) is 5.05. The van der Waals surface area contributed by atoms with Crippen LogP contribution in [0.4, 0.5) is 5.95 Å². The smallest absolute Gasteiger partial charge is 0.243 e. The average molecular weight is 249 g/mol. The van der Waals surface area contributed by atoms with Crippen molar-refractivity contribution in [1.82, 2.24) is 24.6 Å². The third-order valence-corrected chi connectivity index (χ3v) is 2.49. The summed E-state index contributed by atoms with van der Waals surface area (Å²) in [7, 11) is 0. The summed E-state index contributed by atoms with van der Waals surface area (Å²) in [6.07, 6.45) is 5.18. The van der Waals surface area contributed by atoms with Crippen molar-refractivity contribution in [2.75, 3.05) is 5.32 Å². The molecule has 3 aromatic rings. The van der Waals surface area contributed by atoms with Crippen LogP contribution in [-0.2, 0) is 6.54 Å². The van der Waals surface area contributed by atoms with Gasteiger partial charge in [0.1, 0.15) is 5.82 Å². The van der Waals surface area contributed by atoms with Crippen molar-refractivity contribution >= 4 is 23.2 Å². The van der Waals surface area contributed by atoms with Gasteiger partial charge in [0, 0.05) is 18.6 Å². The van der Waals surface area contributed by atoms with Crippen molar-refractivity contribution in [3.05, 3.63) is 41.6 Å². The number of nitrogens with one attached hydrogen (secondary N) is 2. The normalized spacial score (nSPS) is 10.9. The summed E-state index contributed by atoms with van der Waals surface area (Å²) in [5.41, 5.74) is 0.747. The zero-order valence-corrected chi connectivity index (χ0v) is 9.52. The van der Waals surface area contributed by atoms with Gasteiger partial charge >= 0.3 is 0 Å². The molecule has 17 heavy (non-hydrogen) atoms. The predicted molar refractivity (Wildman–Crippen MR) is 63.9 cm³/mol. The van der Waals surface area contributed by atoms with Crippen molar-refractivity contribution in [3.8, 4) is 0 Å². The lowest BCUT2D eigenvalue weighted by atomic mass is 10.5. The lowest BCUT2D eigenvalue weighted by Crippen LogP contribution is -2.02. The van der Waals surface area contributed by atoms with Crippen LogP contribution in [0.15, 0.2) is 30.7 Å². The molecule has 6 nitrogen and oxygen atoms in total. The van der Waals surface area contributed by atoms with Crippen LogP contribution < -0.4 is 5.32 Å². The van der Waals surface area contributed by atoms with Crippen LogP contribution in [0, 0.1) is 0 Å². The summed E-state index contributed by atoms with van der Waals surface area (Å²) in [5.74, 6) is 1.38. The molecule has 0 aliphatic carbocycles. The van der Waals surface area contributed by atoms with E-state index in [-0.39, 0.29) is 0 Å². The van der Waals surface area contributed by atoms with E-state index in [1.807, 2.05) is 6.07 Å². The maximum absolute atomic E-state index is 5.86. The SMILES string of the molecule is Clc1ccc2nc(NCc3ncc[nH]3)nn2c1. The Balaban J connectivity index is 1.81. The molecule has 0 bridgehead atoms. The standard InChI is InChI=1S/C10H9ClN6/c11-7-1-2-9-15-10(16-17(9)6-7)14-5-8-12-3-4-13-8/h1-4,6H,5H2,(H,12,13)(H,14,16). The molecule has 0 aromatic carbocycles. The summed E-state index contributed by atoms with van der Waals surface area (Å²) in [6, 6.07) is 3.59. The molecule has 0 unspecified atom stereocenters. The van der Waals surface area contributed by atoms with Gasteiger partial charge in [0.25, 0.3) is 0 Å². The van der Waals surface area contributed by atoms with E-state index in [4.69, 9.17) is 11.6 Å². The second-order valence-corrected chi connectivity index (χ2v) is 3.91. The molecule has 0 atom stereocenters. The van der Waals surface area contributed by atoms with Gasteiger partial charge in [0.05, 0.1) is 11.6 Å². The van der Waals surface area contributed by atoms with Crippen LogP contribution >= 0.6 is 11.6 Å². The summed E-state index contributed by atoms with van der Waals surface area (Å²) in [5, 5.41) is 7.94. The Morgan fingerprint density at radius 2 is 2.35 bits per heavy atom. The molecule has 0 radical (unpaired) electrons. The number of hydrogen-bond acceptors (Lipinski definition) is 4. The molecule has 3 heterocycles. The van der Waals surface area contributed by atoms with Crippen molar-refractivity contribution in [1.29, 1.82) is 0 Å². The number of nitrogens with zero attached hydrogens (tertiary/aromatic N) is 4. The van der Waals surface area contributed by atoms with Gasteiger partial charge < -0.3 is 10.3 Å². The molecule has 7 heteroatoms. The van der Waals surface area contributed by atoms with Crippen LogP contribution in [-0.4, -0.2) is 24.6 Å². The largest absolute Gasteiger partial charge is 0.347 e. The topological polar surface area (TPSA) is 70.9 Å². The fourth-order valence-electron chi connectivity index (χ4n) is 1.49. The van der Waals surface area contributed by atoms with E-state index in [0.717, 1.165) is 11.5 Å². The lowest BCUT2D eigenvalue weighted by molar-refractivity contribution is 0.931. The van der Waals surface area contributed by atoms with Crippen molar-refractivity contribution < 1.29 is 0 Å². The zero-order valence-electron chi connectivity index (χ0n) is 8.76. The molecule has 86 valence electrons. The van der Waals surface area contributed by atoms with E-state index in [1.54, 1.807) is 29.2 Å². The monoisotopic (exact) mass is 248 g/mol. The minimum absolute atomic E-state index is 0.545. The number of aromatic amines is 1. The van der Waals surface area contributed by atoms with Crippen molar-refractivity contribution in [2.45, 2.75) is 6.54 Å². The Morgan fingerprint density at radius 3 is 3.18 bits per heavy atom. The van der Waals surface area contributed by atoms with Gasteiger partial charge in [0.2, 0.25) is 5.95 Å². The maximum atomic E-state index is 5.86. The van der Waals surface area contributed by atoms with E-state index < -0.39 is 0 Å². The number of H-pyrrole nitrogens is 1. The van der Waals surface area contributed by atoms with E-state index in [0.29, 0.717) is 17.5 Å². The number of rotatable bonds is 3. The highest BCUT2D eigenvalue weighted by Gasteiger charge is 2.03. The number of imidazole rings is 1. The van der Waals surface area contributed by atoms with Crippen LogP contribution in [0.1, 0.15) is 5.82 Å². The second kappa shape index (κ2) is 4.06. The Kier molecular flexibility index (Phi) is 2.41. The van der Waals surface area contributed by atoms with Gasteiger partial charge in [-0.15, -0.1) is 5.10 Å². The summed E-state index contributed by atoms with van der Waals surface area (Å²) >= 11 is 5.86. The van der Waals surface area contributed by atoms with Gasteiger partial charge in [-0.3, -0.25) is 0 Å². The van der Waals surface area contributed by atoms with Gasteiger partial charge in [-0.25, -0.2) is 9.50 Å². The third-order valence-electron chi connectivity index (χ3n) is 2.26. The molecular formula is C10H9ClN6. The fourth-order valence-corrected chi connectivity index (χ4v) is 1.65. The zero-order chi connectivity index (χ0) is 11.7. The molecule has 0 amide bonds.